The summed E-state index contributed by atoms with van der Waals surface area (Å²) < 4.78 is 0. The average Bonchev–Trinajstić information content (AvgIpc) is 2.38. The number of hydrogen-bond acceptors (Lipinski definition) is 2. The summed E-state index contributed by atoms with van der Waals surface area (Å²) in [6, 6.07) is 11.2. The van der Waals surface area contributed by atoms with E-state index in [1.165, 1.54) is 12.0 Å². The van der Waals surface area contributed by atoms with Gasteiger partial charge in [-0.1, -0.05) is 44.2 Å². The predicted octanol–water partition coefficient (Wildman–Crippen LogP) is 3.83. The molecular weight excluding hydrogens is 232 g/mol. The molecule has 2 atom stereocenters. The predicted molar refractivity (Wildman–Crippen MR) is 84.2 cm³/mol. The SMILES string of the molecule is CC(C)CC(C)N(C)CCCC(N)c1ccccc1. The molecular formula is C17H30N2. The molecule has 2 N–H and O–H groups in total. The second-order valence-corrected chi connectivity index (χ2v) is 6.12. The van der Waals surface area contributed by atoms with Gasteiger partial charge in [0.25, 0.3) is 0 Å². The van der Waals surface area contributed by atoms with Crippen LogP contribution in [-0.4, -0.2) is 24.5 Å². The van der Waals surface area contributed by atoms with Crippen LogP contribution < -0.4 is 5.73 Å². The summed E-state index contributed by atoms with van der Waals surface area (Å²) in [6.07, 6.45) is 3.49. The zero-order chi connectivity index (χ0) is 14.3. The zero-order valence-corrected chi connectivity index (χ0v) is 13.0. The molecule has 0 spiro atoms. The van der Waals surface area contributed by atoms with E-state index in [0.29, 0.717) is 6.04 Å². The van der Waals surface area contributed by atoms with Gasteiger partial charge in [0.05, 0.1) is 0 Å². The minimum atomic E-state index is 0.176. The Hall–Kier alpha value is -0.860. The summed E-state index contributed by atoms with van der Waals surface area (Å²) in [5.74, 6) is 0.768. The molecule has 0 bridgehead atoms. The summed E-state index contributed by atoms with van der Waals surface area (Å²) in [4.78, 5) is 2.46. The van der Waals surface area contributed by atoms with E-state index in [-0.39, 0.29) is 6.04 Å². The van der Waals surface area contributed by atoms with Gasteiger partial charge in [-0.3, -0.25) is 0 Å². The molecule has 2 heteroatoms. The van der Waals surface area contributed by atoms with E-state index in [4.69, 9.17) is 5.73 Å². The van der Waals surface area contributed by atoms with Crippen molar-refractivity contribution in [1.82, 2.24) is 4.90 Å². The van der Waals surface area contributed by atoms with Gasteiger partial charge in [0.2, 0.25) is 0 Å². The fraction of sp³-hybridized carbons (Fsp3) is 0.647. The van der Waals surface area contributed by atoms with Crippen molar-refractivity contribution in [2.45, 2.75) is 52.1 Å². The lowest BCUT2D eigenvalue weighted by atomic mass is 10.0. The Bertz CT molecular complexity index is 334. The molecule has 0 saturated heterocycles. The Kier molecular flexibility index (Phi) is 7.11. The normalized spacial score (nSPS) is 14.9. The average molecular weight is 262 g/mol. The Morgan fingerprint density at radius 2 is 1.74 bits per heavy atom. The van der Waals surface area contributed by atoms with Gasteiger partial charge in [0, 0.05) is 12.1 Å². The molecule has 1 aromatic rings. The molecule has 0 aliphatic carbocycles. The summed E-state index contributed by atoms with van der Waals surface area (Å²) in [7, 11) is 2.22. The molecule has 0 amide bonds. The fourth-order valence-corrected chi connectivity index (χ4v) is 2.51. The Balaban J connectivity index is 2.26. The second-order valence-electron chi connectivity index (χ2n) is 6.12. The van der Waals surface area contributed by atoms with Crippen molar-refractivity contribution in [2.24, 2.45) is 11.7 Å². The van der Waals surface area contributed by atoms with E-state index < -0.39 is 0 Å². The molecule has 1 rings (SSSR count). The molecule has 0 radical (unpaired) electrons. The Morgan fingerprint density at radius 3 is 2.32 bits per heavy atom. The monoisotopic (exact) mass is 262 g/mol. The zero-order valence-electron chi connectivity index (χ0n) is 13.0. The number of rotatable bonds is 8. The maximum absolute atomic E-state index is 6.22. The quantitative estimate of drug-likeness (QED) is 0.771. The third kappa shape index (κ3) is 6.22. The molecule has 0 fully saturated rings. The molecule has 1 aromatic carbocycles. The van der Waals surface area contributed by atoms with E-state index in [0.717, 1.165) is 25.3 Å². The third-order valence-corrected chi connectivity index (χ3v) is 3.82. The number of nitrogens with zero attached hydrogens (tertiary/aromatic N) is 1. The van der Waals surface area contributed by atoms with Crippen LogP contribution in [0.5, 0.6) is 0 Å². The van der Waals surface area contributed by atoms with Gasteiger partial charge in [-0.15, -0.1) is 0 Å². The summed E-state index contributed by atoms with van der Waals surface area (Å²) in [5.41, 5.74) is 7.47. The fourth-order valence-electron chi connectivity index (χ4n) is 2.51. The van der Waals surface area contributed by atoms with Crippen LogP contribution in [0, 0.1) is 5.92 Å². The van der Waals surface area contributed by atoms with Gasteiger partial charge in [-0.05, 0) is 51.3 Å². The maximum Gasteiger partial charge on any atom is 0.0295 e. The molecule has 2 nitrogen and oxygen atoms in total. The first-order chi connectivity index (χ1) is 9.00. The van der Waals surface area contributed by atoms with Crippen molar-refractivity contribution in [3.05, 3.63) is 35.9 Å². The third-order valence-electron chi connectivity index (χ3n) is 3.82. The highest BCUT2D eigenvalue weighted by molar-refractivity contribution is 5.18. The van der Waals surface area contributed by atoms with Crippen LogP contribution in [0.4, 0.5) is 0 Å². The summed E-state index contributed by atoms with van der Waals surface area (Å²) in [6.45, 7) is 8.02. The van der Waals surface area contributed by atoms with Crippen LogP contribution >= 0.6 is 0 Å². The largest absolute Gasteiger partial charge is 0.324 e. The van der Waals surface area contributed by atoms with Crippen molar-refractivity contribution < 1.29 is 0 Å². The lowest BCUT2D eigenvalue weighted by molar-refractivity contribution is 0.223. The van der Waals surface area contributed by atoms with Crippen LogP contribution in [0.1, 0.15) is 51.6 Å². The van der Waals surface area contributed by atoms with Gasteiger partial charge >= 0.3 is 0 Å². The van der Waals surface area contributed by atoms with Gasteiger partial charge in [-0.25, -0.2) is 0 Å². The highest BCUT2D eigenvalue weighted by atomic mass is 15.1. The van der Waals surface area contributed by atoms with Gasteiger partial charge in [0.15, 0.2) is 0 Å². The van der Waals surface area contributed by atoms with E-state index in [2.05, 4.69) is 57.0 Å². The standard InChI is InChI=1S/C17H30N2/c1-14(2)13-15(3)19(4)12-8-11-17(18)16-9-6-5-7-10-16/h5-7,9-10,14-15,17H,8,11-13,18H2,1-4H3. The van der Waals surface area contributed by atoms with Gasteiger partial charge in [0.1, 0.15) is 0 Å². The highest BCUT2D eigenvalue weighted by Crippen LogP contribution is 2.16. The first kappa shape index (κ1) is 16.2. The van der Waals surface area contributed by atoms with Gasteiger partial charge in [-0.2, -0.15) is 0 Å². The summed E-state index contributed by atoms with van der Waals surface area (Å²) >= 11 is 0. The Labute approximate surface area is 119 Å². The van der Waals surface area contributed by atoms with Crippen LogP contribution in [0.2, 0.25) is 0 Å². The number of nitrogens with two attached hydrogens (primary N) is 1. The molecule has 108 valence electrons. The number of hydrogen-bond donors (Lipinski definition) is 1. The van der Waals surface area contributed by atoms with Crippen LogP contribution in [-0.2, 0) is 0 Å². The molecule has 0 saturated carbocycles. The van der Waals surface area contributed by atoms with Crippen LogP contribution in [0.25, 0.3) is 0 Å². The lowest BCUT2D eigenvalue weighted by Gasteiger charge is -2.26. The lowest BCUT2D eigenvalue weighted by Crippen LogP contribution is -2.31. The van der Waals surface area contributed by atoms with Crippen molar-refractivity contribution in [3.63, 3.8) is 0 Å². The molecule has 0 aromatic heterocycles. The highest BCUT2D eigenvalue weighted by Gasteiger charge is 2.11. The molecule has 0 aliphatic rings. The maximum atomic E-state index is 6.22. The molecule has 19 heavy (non-hydrogen) atoms. The minimum absolute atomic E-state index is 0.176. The first-order valence-corrected chi connectivity index (χ1v) is 7.51. The van der Waals surface area contributed by atoms with E-state index in [1.54, 1.807) is 0 Å². The second kappa shape index (κ2) is 8.34. The summed E-state index contributed by atoms with van der Waals surface area (Å²) in [5, 5.41) is 0. The van der Waals surface area contributed by atoms with E-state index in [9.17, 15) is 0 Å². The molecule has 0 heterocycles. The minimum Gasteiger partial charge on any atom is -0.324 e. The number of benzene rings is 1. The van der Waals surface area contributed by atoms with Crippen LogP contribution in [0.3, 0.4) is 0 Å². The topological polar surface area (TPSA) is 29.3 Å². The van der Waals surface area contributed by atoms with Crippen molar-refractivity contribution in [1.29, 1.82) is 0 Å². The molecule has 0 aliphatic heterocycles. The molecule has 2 unspecified atom stereocenters. The van der Waals surface area contributed by atoms with Crippen molar-refractivity contribution in [3.8, 4) is 0 Å². The van der Waals surface area contributed by atoms with E-state index in [1.807, 2.05) is 6.07 Å². The smallest absolute Gasteiger partial charge is 0.0295 e. The van der Waals surface area contributed by atoms with Crippen LogP contribution in [0.15, 0.2) is 30.3 Å². The van der Waals surface area contributed by atoms with Crippen molar-refractivity contribution in [2.75, 3.05) is 13.6 Å². The van der Waals surface area contributed by atoms with Crippen molar-refractivity contribution >= 4 is 0 Å². The van der Waals surface area contributed by atoms with E-state index >= 15 is 0 Å². The first-order valence-electron chi connectivity index (χ1n) is 7.51. The van der Waals surface area contributed by atoms with Gasteiger partial charge < -0.3 is 10.6 Å². The Morgan fingerprint density at radius 1 is 1.11 bits per heavy atom.